The number of hydrogen-bond acceptors (Lipinski definition) is 5. The first kappa shape index (κ1) is 24.2. The number of halogens is 1. The van der Waals surface area contributed by atoms with Gasteiger partial charge in [-0.1, -0.05) is 35.9 Å². The third-order valence-corrected chi connectivity index (χ3v) is 7.57. The normalized spacial score (nSPS) is 16.3. The molecule has 1 saturated heterocycles. The molecule has 1 N–H and O–H groups in total. The van der Waals surface area contributed by atoms with Crippen molar-refractivity contribution in [2.24, 2.45) is 0 Å². The number of ether oxygens (including phenoxy) is 1. The minimum Gasteiger partial charge on any atom is -0.494 e. The van der Waals surface area contributed by atoms with Crippen LogP contribution in [0.15, 0.2) is 77.7 Å². The molecular weight excluding hydrogens is 470 g/mol. The van der Waals surface area contributed by atoms with Gasteiger partial charge in [-0.25, -0.2) is 8.42 Å². The Bertz CT molecular complexity index is 1240. The van der Waals surface area contributed by atoms with Gasteiger partial charge in [-0.3, -0.25) is 4.90 Å². The molecular formula is C26H26ClN3O3S. The molecule has 1 aliphatic rings. The largest absolute Gasteiger partial charge is 0.494 e. The van der Waals surface area contributed by atoms with Crippen LogP contribution in [-0.4, -0.2) is 39.2 Å². The number of sulfonamides is 1. The van der Waals surface area contributed by atoms with Gasteiger partial charge in [0.05, 0.1) is 29.3 Å². The van der Waals surface area contributed by atoms with E-state index in [-0.39, 0.29) is 11.1 Å². The van der Waals surface area contributed by atoms with Gasteiger partial charge < -0.3 is 4.74 Å². The molecule has 0 bridgehead atoms. The van der Waals surface area contributed by atoms with Crippen molar-refractivity contribution in [1.29, 1.82) is 5.26 Å². The van der Waals surface area contributed by atoms with Crippen molar-refractivity contribution < 1.29 is 13.2 Å². The highest BCUT2D eigenvalue weighted by molar-refractivity contribution is 7.89. The van der Waals surface area contributed by atoms with E-state index < -0.39 is 10.0 Å². The van der Waals surface area contributed by atoms with Crippen molar-refractivity contribution >= 4 is 21.6 Å². The SMILES string of the molecule is N#Cc1ccc(-c2ccc(OCCCN3CCCC3NS(=O)(=O)c3ccc(Cl)cc3)cc2)cc1. The first-order valence-electron chi connectivity index (χ1n) is 11.2. The van der Waals surface area contributed by atoms with Crippen molar-refractivity contribution in [3.8, 4) is 22.9 Å². The number of nitriles is 1. The maximum Gasteiger partial charge on any atom is 0.241 e. The van der Waals surface area contributed by atoms with Crippen LogP contribution in [0, 0.1) is 11.3 Å². The summed E-state index contributed by atoms with van der Waals surface area (Å²) in [7, 11) is -3.60. The zero-order valence-corrected chi connectivity index (χ0v) is 20.2. The molecule has 6 nitrogen and oxygen atoms in total. The van der Waals surface area contributed by atoms with E-state index in [1.807, 2.05) is 36.4 Å². The zero-order valence-electron chi connectivity index (χ0n) is 18.7. The fourth-order valence-electron chi connectivity index (χ4n) is 4.03. The standard InChI is InChI=1S/C26H26ClN3O3S/c27-23-10-14-25(15-11-23)34(31,32)29-26-3-1-16-30(26)17-2-18-33-24-12-8-22(9-13-24)21-6-4-20(19-28)5-7-21/h4-15,26,29H,1-3,16-18H2. The molecule has 1 fully saturated rings. The fraction of sp³-hybridized carbons (Fsp3) is 0.269. The average Bonchev–Trinajstić information content (AvgIpc) is 3.28. The first-order chi connectivity index (χ1) is 16.4. The Morgan fingerprint density at radius 1 is 1.00 bits per heavy atom. The molecule has 8 heteroatoms. The average molecular weight is 496 g/mol. The van der Waals surface area contributed by atoms with E-state index in [2.05, 4.69) is 15.7 Å². The lowest BCUT2D eigenvalue weighted by Gasteiger charge is -2.25. The summed E-state index contributed by atoms with van der Waals surface area (Å²) < 4.78 is 34.1. The highest BCUT2D eigenvalue weighted by Crippen LogP contribution is 2.23. The van der Waals surface area contributed by atoms with Gasteiger partial charge in [-0.2, -0.15) is 9.98 Å². The van der Waals surface area contributed by atoms with Crippen LogP contribution in [0.25, 0.3) is 11.1 Å². The summed E-state index contributed by atoms with van der Waals surface area (Å²) in [5, 5.41) is 9.43. The van der Waals surface area contributed by atoms with E-state index in [0.29, 0.717) is 17.2 Å². The second kappa shape index (κ2) is 11.0. The summed E-state index contributed by atoms with van der Waals surface area (Å²) >= 11 is 5.87. The van der Waals surface area contributed by atoms with Gasteiger partial charge in [-0.05, 0) is 85.5 Å². The number of nitrogens with one attached hydrogen (secondary N) is 1. The molecule has 1 unspecified atom stereocenters. The number of benzene rings is 3. The van der Waals surface area contributed by atoms with Gasteiger partial charge in [-0.15, -0.1) is 0 Å². The predicted octanol–water partition coefficient (Wildman–Crippen LogP) is 5.05. The summed E-state index contributed by atoms with van der Waals surface area (Å²) in [5.74, 6) is 0.791. The second-order valence-electron chi connectivity index (χ2n) is 8.18. The molecule has 0 aliphatic carbocycles. The van der Waals surface area contributed by atoms with E-state index in [0.717, 1.165) is 49.2 Å². The van der Waals surface area contributed by atoms with Gasteiger partial charge in [0.1, 0.15) is 5.75 Å². The van der Waals surface area contributed by atoms with Gasteiger partial charge in [0.15, 0.2) is 0 Å². The number of hydrogen-bond donors (Lipinski definition) is 1. The van der Waals surface area contributed by atoms with Gasteiger partial charge in [0.2, 0.25) is 10.0 Å². The maximum atomic E-state index is 12.7. The second-order valence-corrected chi connectivity index (χ2v) is 10.3. The minimum absolute atomic E-state index is 0.215. The third kappa shape index (κ3) is 6.16. The fourth-order valence-corrected chi connectivity index (χ4v) is 5.41. The van der Waals surface area contributed by atoms with E-state index in [1.165, 1.54) is 12.1 Å². The smallest absolute Gasteiger partial charge is 0.241 e. The molecule has 0 spiro atoms. The highest BCUT2D eigenvalue weighted by atomic mass is 35.5. The van der Waals surface area contributed by atoms with Crippen molar-refractivity contribution in [3.63, 3.8) is 0 Å². The predicted molar refractivity (Wildman–Crippen MR) is 133 cm³/mol. The molecule has 4 rings (SSSR count). The summed E-state index contributed by atoms with van der Waals surface area (Å²) in [5.41, 5.74) is 2.75. The summed E-state index contributed by atoms with van der Waals surface area (Å²) in [6, 6.07) is 23.7. The van der Waals surface area contributed by atoms with Gasteiger partial charge in [0.25, 0.3) is 0 Å². The van der Waals surface area contributed by atoms with Crippen LogP contribution in [0.5, 0.6) is 5.75 Å². The molecule has 34 heavy (non-hydrogen) atoms. The van der Waals surface area contributed by atoms with Crippen molar-refractivity contribution in [2.45, 2.75) is 30.3 Å². The summed E-state index contributed by atoms with van der Waals surface area (Å²) in [4.78, 5) is 2.38. The summed E-state index contributed by atoms with van der Waals surface area (Å²) in [6.07, 6.45) is 2.30. The molecule has 0 amide bonds. The lowest BCUT2D eigenvalue weighted by atomic mass is 10.0. The lowest BCUT2D eigenvalue weighted by molar-refractivity contribution is 0.214. The molecule has 3 aromatic carbocycles. The Hall–Kier alpha value is -2.89. The molecule has 1 atom stereocenters. The Balaban J connectivity index is 1.25. The highest BCUT2D eigenvalue weighted by Gasteiger charge is 2.28. The third-order valence-electron chi connectivity index (χ3n) is 5.84. The van der Waals surface area contributed by atoms with Crippen LogP contribution in [-0.2, 0) is 10.0 Å². The summed E-state index contributed by atoms with van der Waals surface area (Å²) in [6.45, 7) is 2.15. The molecule has 1 aliphatic heterocycles. The number of nitrogens with zero attached hydrogens (tertiary/aromatic N) is 2. The Labute approximate surface area is 205 Å². The molecule has 176 valence electrons. The van der Waals surface area contributed by atoms with Crippen molar-refractivity contribution in [1.82, 2.24) is 9.62 Å². The van der Waals surface area contributed by atoms with Crippen LogP contribution in [0.2, 0.25) is 5.02 Å². The minimum atomic E-state index is -3.60. The molecule has 0 aromatic heterocycles. The zero-order chi connectivity index (χ0) is 24.0. The monoisotopic (exact) mass is 495 g/mol. The Kier molecular flexibility index (Phi) is 7.86. The van der Waals surface area contributed by atoms with Crippen LogP contribution >= 0.6 is 11.6 Å². The van der Waals surface area contributed by atoms with E-state index in [9.17, 15) is 8.42 Å². The van der Waals surface area contributed by atoms with Crippen LogP contribution in [0.1, 0.15) is 24.8 Å². The Morgan fingerprint density at radius 2 is 1.65 bits per heavy atom. The molecule has 0 saturated carbocycles. The molecule has 0 radical (unpaired) electrons. The van der Waals surface area contributed by atoms with E-state index in [1.54, 1.807) is 24.3 Å². The molecule has 1 heterocycles. The van der Waals surface area contributed by atoms with Crippen LogP contribution in [0.4, 0.5) is 0 Å². The first-order valence-corrected chi connectivity index (χ1v) is 13.1. The Morgan fingerprint density at radius 3 is 2.29 bits per heavy atom. The van der Waals surface area contributed by atoms with Gasteiger partial charge in [0, 0.05) is 11.6 Å². The maximum absolute atomic E-state index is 12.7. The van der Waals surface area contributed by atoms with Crippen LogP contribution < -0.4 is 9.46 Å². The lowest BCUT2D eigenvalue weighted by Crippen LogP contribution is -2.44. The quantitative estimate of drug-likeness (QED) is 0.420. The van der Waals surface area contributed by atoms with Crippen molar-refractivity contribution in [3.05, 3.63) is 83.4 Å². The number of rotatable bonds is 9. The van der Waals surface area contributed by atoms with Crippen LogP contribution in [0.3, 0.4) is 0 Å². The number of likely N-dealkylation sites (tertiary alicyclic amines) is 1. The van der Waals surface area contributed by atoms with Gasteiger partial charge >= 0.3 is 0 Å². The van der Waals surface area contributed by atoms with E-state index >= 15 is 0 Å². The van der Waals surface area contributed by atoms with Crippen molar-refractivity contribution in [2.75, 3.05) is 19.7 Å². The van der Waals surface area contributed by atoms with E-state index in [4.69, 9.17) is 21.6 Å². The topological polar surface area (TPSA) is 82.4 Å². The molecule has 3 aromatic rings.